The summed E-state index contributed by atoms with van der Waals surface area (Å²) in [6.07, 6.45) is 10.9. The van der Waals surface area contributed by atoms with Gasteiger partial charge in [0.1, 0.15) is 19.3 Å². The highest BCUT2D eigenvalue weighted by atomic mass is 16.6. The molecule has 0 bridgehead atoms. The third kappa shape index (κ3) is 4.64. The Labute approximate surface area is 221 Å². The molecule has 0 N–H and O–H groups in total. The molecule has 3 aliphatic rings. The van der Waals surface area contributed by atoms with Gasteiger partial charge in [0.05, 0.1) is 18.1 Å². The van der Waals surface area contributed by atoms with Gasteiger partial charge in [-0.2, -0.15) is 0 Å². The van der Waals surface area contributed by atoms with Gasteiger partial charge in [-0.1, -0.05) is 38.2 Å². The molecule has 0 aromatic carbocycles. The summed E-state index contributed by atoms with van der Waals surface area (Å²) >= 11 is 0. The largest absolute Gasteiger partial charge is 0.459 e. The van der Waals surface area contributed by atoms with Crippen LogP contribution in [0.2, 0.25) is 0 Å². The zero-order valence-electron chi connectivity index (χ0n) is 21.6. The smallest absolute Gasteiger partial charge is 0.374 e. The van der Waals surface area contributed by atoms with Gasteiger partial charge < -0.3 is 23.0 Å². The monoisotopic (exact) mass is 520 g/mol. The van der Waals surface area contributed by atoms with Crippen LogP contribution in [-0.2, 0) is 19.0 Å². The lowest BCUT2D eigenvalue weighted by Crippen LogP contribution is -2.58. The molecule has 2 aromatic heterocycles. The molecule has 8 nitrogen and oxygen atoms in total. The molecule has 0 radical (unpaired) electrons. The fourth-order valence-electron chi connectivity index (χ4n) is 6.63. The van der Waals surface area contributed by atoms with E-state index in [1.807, 2.05) is 13.0 Å². The molecule has 38 heavy (non-hydrogen) atoms. The van der Waals surface area contributed by atoms with E-state index in [-0.39, 0.29) is 48.0 Å². The molecular formula is C30H32O8. The van der Waals surface area contributed by atoms with Crippen molar-refractivity contribution in [3.63, 3.8) is 0 Å². The van der Waals surface area contributed by atoms with Crippen LogP contribution < -0.4 is 0 Å². The summed E-state index contributed by atoms with van der Waals surface area (Å²) in [5.74, 6) is -1.19. The fraction of sp³-hybridized carbons (Fsp3) is 0.433. The van der Waals surface area contributed by atoms with Gasteiger partial charge in [-0.3, -0.25) is 0 Å². The van der Waals surface area contributed by atoms with Gasteiger partial charge in [-0.25, -0.2) is 14.4 Å². The highest BCUT2D eigenvalue weighted by Crippen LogP contribution is 2.62. The van der Waals surface area contributed by atoms with Crippen molar-refractivity contribution in [3.05, 3.63) is 84.3 Å². The van der Waals surface area contributed by atoms with Crippen LogP contribution in [0, 0.1) is 22.7 Å². The van der Waals surface area contributed by atoms with Crippen LogP contribution in [0.3, 0.4) is 0 Å². The predicted octanol–water partition coefficient (Wildman–Crippen LogP) is 5.68. The van der Waals surface area contributed by atoms with Crippen LogP contribution in [0.25, 0.3) is 0 Å². The molecule has 2 aromatic rings. The Hall–Kier alpha value is -3.81. The second-order valence-electron chi connectivity index (χ2n) is 10.8. The predicted molar refractivity (Wildman–Crippen MR) is 136 cm³/mol. The second-order valence-corrected chi connectivity index (χ2v) is 10.8. The maximum atomic E-state index is 12.9. The van der Waals surface area contributed by atoms with E-state index in [0.29, 0.717) is 12.0 Å². The van der Waals surface area contributed by atoms with Gasteiger partial charge >= 0.3 is 17.9 Å². The zero-order chi connectivity index (χ0) is 26.9. The zero-order valence-corrected chi connectivity index (χ0v) is 21.6. The van der Waals surface area contributed by atoms with E-state index >= 15 is 0 Å². The Morgan fingerprint density at radius 2 is 1.82 bits per heavy atom. The number of esters is 3. The van der Waals surface area contributed by atoms with E-state index < -0.39 is 23.5 Å². The minimum absolute atomic E-state index is 0.0163. The molecule has 1 aliphatic heterocycles. The van der Waals surface area contributed by atoms with E-state index in [2.05, 4.69) is 19.6 Å². The van der Waals surface area contributed by atoms with Crippen molar-refractivity contribution in [2.24, 2.45) is 22.7 Å². The van der Waals surface area contributed by atoms with Crippen LogP contribution in [-0.4, -0.2) is 37.2 Å². The van der Waals surface area contributed by atoms with Gasteiger partial charge in [-0.15, -0.1) is 0 Å². The molecule has 5 atom stereocenters. The molecule has 2 saturated carbocycles. The number of ether oxygens (including phenoxy) is 3. The van der Waals surface area contributed by atoms with Gasteiger partial charge in [-0.05, 0) is 67.4 Å². The molecule has 200 valence electrons. The highest BCUT2D eigenvalue weighted by Gasteiger charge is 2.59. The Balaban J connectivity index is 1.45. The molecule has 0 amide bonds. The second kappa shape index (κ2) is 10.2. The van der Waals surface area contributed by atoms with Gasteiger partial charge in [0.25, 0.3) is 0 Å². The number of carbonyl (C=O) groups is 3. The van der Waals surface area contributed by atoms with E-state index in [4.69, 9.17) is 23.0 Å². The van der Waals surface area contributed by atoms with Crippen molar-refractivity contribution in [2.45, 2.75) is 45.6 Å². The number of carbonyl (C=O) groups excluding carboxylic acids is 3. The quantitative estimate of drug-likeness (QED) is 0.261. The summed E-state index contributed by atoms with van der Waals surface area (Å²) in [7, 11) is 0. The number of cyclic esters (lactones) is 1. The first-order chi connectivity index (χ1) is 18.2. The fourth-order valence-corrected chi connectivity index (χ4v) is 6.63. The summed E-state index contributed by atoms with van der Waals surface area (Å²) in [6.45, 7) is 8.94. The first-order valence-electron chi connectivity index (χ1n) is 12.9. The summed E-state index contributed by atoms with van der Waals surface area (Å²) < 4.78 is 27.3. The standard InChI is InChI=1S/C30H32O8/c1-19-8-11-24-29(2,21(19)10-9-20-13-17-36-26(20)31)14-12-25(38-28(33)23-7-5-16-35-23)30(24,3)18-37-27(32)22-6-4-15-34-22/h4-7,9-10,13,15-16,21,24-25H,1,8,11-12,14,17-18H2,2-3H3/b10-9+/t21-,24?,25-,29+,30+/m1/s1. The van der Waals surface area contributed by atoms with Crippen LogP contribution in [0.4, 0.5) is 0 Å². The van der Waals surface area contributed by atoms with Gasteiger partial charge in [0.2, 0.25) is 11.5 Å². The summed E-state index contributed by atoms with van der Waals surface area (Å²) in [4.78, 5) is 37.6. The molecule has 3 heterocycles. The van der Waals surface area contributed by atoms with Crippen molar-refractivity contribution < 1.29 is 37.4 Å². The minimum Gasteiger partial charge on any atom is -0.459 e. The summed E-state index contributed by atoms with van der Waals surface area (Å²) in [6, 6.07) is 6.39. The average molecular weight is 521 g/mol. The van der Waals surface area contributed by atoms with Crippen molar-refractivity contribution in [3.8, 4) is 0 Å². The Morgan fingerprint density at radius 1 is 1.11 bits per heavy atom. The van der Waals surface area contributed by atoms with Crippen LogP contribution in [0.5, 0.6) is 0 Å². The first kappa shape index (κ1) is 25.8. The maximum absolute atomic E-state index is 12.9. The number of furan rings is 2. The third-order valence-electron chi connectivity index (χ3n) is 8.61. The molecule has 0 spiro atoms. The van der Waals surface area contributed by atoms with Gasteiger partial charge in [0.15, 0.2) is 0 Å². The van der Waals surface area contributed by atoms with Crippen molar-refractivity contribution >= 4 is 17.9 Å². The van der Waals surface area contributed by atoms with E-state index in [9.17, 15) is 14.4 Å². The number of hydrogen-bond acceptors (Lipinski definition) is 8. The average Bonchev–Trinajstić information content (AvgIpc) is 3.68. The molecule has 5 rings (SSSR count). The lowest BCUT2D eigenvalue weighted by atomic mass is 9.46. The normalized spacial score (nSPS) is 31.0. The highest BCUT2D eigenvalue weighted by molar-refractivity contribution is 5.93. The number of hydrogen-bond donors (Lipinski definition) is 0. The van der Waals surface area contributed by atoms with Crippen LogP contribution >= 0.6 is 0 Å². The molecule has 0 saturated heterocycles. The van der Waals surface area contributed by atoms with E-state index in [0.717, 1.165) is 24.8 Å². The van der Waals surface area contributed by atoms with Crippen LogP contribution in [0.1, 0.15) is 60.6 Å². The van der Waals surface area contributed by atoms with Gasteiger partial charge in [0, 0.05) is 11.3 Å². The summed E-state index contributed by atoms with van der Waals surface area (Å²) in [5, 5.41) is 0. The Bertz CT molecular complexity index is 1270. The van der Waals surface area contributed by atoms with Crippen molar-refractivity contribution in [1.29, 1.82) is 0 Å². The molecular weight excluding hydrogens is 488 g/mol. The molecule has 8 heteroatoms. The molecule has 1 unspecified atom stereocenters. The Kier molecular flexibility index (Phi) is 6.90. The lowest BCUT2D eigenvalue weighted by molar-refractivity contribution is -0.150. The van der Waals surface area contributed by atoms with E-state index in [1.54, 1.807) is 30.3 Å². The third-order valence-corrected chi connectivity index (χ3v) is 8.61. The lowest BCUT2D eigenvalue weighted by Gasteiger charge is -2.59. The van der Waals surface area contributed by atoms with E-state index in [1.165, 1.54) is 12.5 Å². The summed E-state index contributed by atoms with van der Waals surface area (Å²) in [5.41, 5.74) is 0.664. The molecule has 2 fully saturated rings. The molecule has 2 aliphatic carbocycles. The topological polar surface area (TPSA) is 105 Å². The minimum atomic E-state index is -0.699. The maximum Gasteiger partial charge on any atom is 0.374 e. The van der Waals surface area contributed by atoms with Crippen molar-refractivity contribution in [1.82, 2.24) is 0 Å². The first-order valence-corrected chi connectivity index (χ1v) is 12.9. The SMILES string of the molecule is C=C1CCC2[C@](C)(COC(=O)c3ccco3)[C@H](OC(=O)c3ccco3)CC[C@@]2(C)[C@@H]1/C=C/C1=CCOC1=O. The van der Waals surface area contributed by atoms with Crippen LogP contribution in [0.15, 0.2) is 81.6 Å². The number of fused-ring (bicyclic) bond motifs is 1. The number of rotatable bonds is 7. The Morgan fingerprint density at radius 3 is 2.45 bits per heavy atom. The number of allylic oxidation sites excluding steroid dienone is 2. The van der Waals surface area contributed by atoms with Crippen molar-refractivity contribution in [2.75, 3.05) is 13.2 Å².